The molecule has 15 heavy (non-hydrogen) atoms. The van der Waals surface area contributed by atoms with E-state index in [4.69, 9.17) is 10.5 Å². The van der Waals surface area contributed by atoms with Crippen LogP contribution in [0.4, 0.5) is 14.5 Å². The summed E-state index contributed by atoms with van der Waals surface area (Å²) in [6.45, 7) is 2.37. The number of hydrogen-bond donors (Lipinski definition) is 1. The Balaban J connectivity index is 2.60. The van der Waals surface area contributed by atoms with Crippen molar-refractivity contribution in [2.24, 2.45) is 0 Å². The van der Waals surface area contributed by atoms with E-state index in [1.165, 1.54) is 0 Å². The highest BCUT2D eigenvalue weighted by Gasteiger charge is 2.11. The minimum atomic E-state index is -0.746. The second-order valence-corrected chi connectivity index (χ2v) is 3.37. The largest absolute Gasteiger partial charge is 0.488 e. The van der Waals surface area contributed by atoms with E-state index < -0.39 is 11.6 Å². The van der Waals surface area contributed by atoms with E-state index in [1.54, 1.807) is 0 Å². The van der Waals surface area contributed by atoms with Crippen LogP contribution in [0.2, 0.25) is 0 Å². The molecule has 0 aliphatic heterocycles. The molecule has 0 spiro atoms. The molecule has 0 atom stereocenters. The van der Waals surface area contributed by atoms with E-state index in [0.29, 0.717) is 6.61 Å². The van der Waals surface area contributed by atoms with Crippen LogP contribution in [0.1, 0.15) is 26.2 Å². The standard InChI is InChI=1S/C11H15F2NO/c1-2-3-4-5-15-11-9(12)6-8(14)7-10(11)13/h6-7H,2-5,14H2,1H3. The van der Waals surface area contributed by atoms with Crippen LogP contribution in [0, 0.1) is 11.6 Å². The van der Waals surface area contributed by atoms with Gasteiger partial charge in [-0.1, -0.05) is 19.8 Å². The first-order valence-corrected chi connectivity index (χ1v) is 5.02. The lowest BCUT2D eigenvalue weighted by molar-refractivity contribution is 0.276. The van der Waals surface area contributed by atoms with Crippen LogP contribution in [-0.2, 0) is 0 Å². The number of rotatable bonds is 5. The highest BCUT2D eigenvalue weighted by Crippen LogP contribution is 2.24. The molecule has 84 valence electrons. The van der Waals surface area contributed by atoms with Crippen molar-refractivity contribution in [3.8, 4) is 5.75 Å². The maximum absolute atomic E-state index is 13.2. The average Bonchev–Trinajstić information content (AvgIpc) is 2.15. The minimum Gasteiger partial charge on any atom is -0.488 e. The molecular formula is C11H15F2NO. The topological polar surface area (TPSA) is 35.2 Å². The molecule has 0 saturated carbocycles. The normalized spacial score (nSPS) is 10.3. The van der Waals surface area contributed by atoms with Crippen molar-refractivity contribution in [1.82, 2.24) is 0 Å². The molecule has 1 aromatic rings. The maximum atomic E-state index is 13.2. The summed E-state index contributed by atoms with van der Waals surface area (Å²) in [7, 11) is 0. The predicted molar refractivity (Wildman–Crippen MR) is 55.8 cm³/mol. The number of unbranched alkanes of at least 4 members (excludes halogenated alkanes) is 2. The Labute approximate surface area is 88.0 Å². The Morgan fingerprint density at radius 3 is 2.33 bits per heavy atom. The van der Waals surface area contributed by atoms with Crippen LogP contribution in [0.5, 0.6) is 5.75 Å². The lowest BCUT2D eigenvalue weighted by atomic mass is 10.2. The summed E-state index contributed by atoms with van der Waals surface area (Å²) in [4.78, 5) is 0. The van der Waals surface area contributed by atoms with Crippen molar-refractivity contribution in [2.75, 3.05) is 12.3 Å². The van der Waals surface area contributed by atoms with Gasteiger partial charge in [-0.15, -0.1) is 0 Å². The van der Waals surface area contributed by atoms with Crippen molar-refractivity contribution in [1.29, 1.82) is 0 Å². The number of nitrogens with two attached hydrogens (primary N) is 1. The summed E-state index contributed by atoms with van der Waals surface area (Å²) in [5, 5.41) is 0. The monoisotopic (exact) mass is 215 g/mol. The number of halogens is 2. The third-order valence-electron chi connectivity index (χ3n) is 2.01. The van der Waals surface area contributed by atoms with Crippen LogP contribution in [0.25, 0.3) is 0 Å². The second-order valence-electron chi connectivity index (χ2n) is 3.37. The van der Waals surface area contributed by atoms with Gasteiger partial charge in [0.1, 0.15) is 0 Å². The first kappa shape index (κ1) is 11.8. The second kappa shape index (κ2) is 5.53. The van der Waals surface area contributed by atoms with Gasteiger partial charge in [0.2, 0.25) is 0 Å². The van der Waals surface area contributed by atoms with E-state index in [1.807, 2.05) is 6.92 Å². The first-order valence-electron chi connectivity index (χ1n) is 5.02. The van der Waals surface area contributed by atoms with Crippen LogP contribution in [0.15, 0.2) is 12.1 Å². The zero-order valence-electron chi connectivity index (χ0n) is 8.72. The highest BCUT2D eigenvalue weighted by molar-refractivity contribution is 5.44. The van der Waals surface area contributed by atoms with E-state index in [9.17, 15) is 8.78 Å². The molecule has 2 nitrogen and oxygen atoms in total. The summed E-state index contributed by atoms with van der Waals surface area (Å²) in [5.74, 6) is -1.83. The number of benzene rings is 1. The van der Waals surface area contributed by atoms with Gasteiger partial charge in [-0.05, 0) is 6.42 Å². The van der Waals surface area contributed by atoms with E-state index in [0.717, 1.165) is 31.4 Å². The molecule has 0 amide bonds. The molecule has 0 heterocycles. The molecule has 1 aromatic carbocycles. The minimum absolute atomic E-state index is 0.0610. The first-order chi connectivity index (χ1) is 7.15. The van der Waals surface area contributed by atoms with Gasteiger partial charge in [-0.2, -0.15) is 0 Å². The van der Waals surface area contributed by atoms with Crippen molar-refractivity contribution < 1.29 is 13.5 Å². The van der Waals surface area contributed by atoms with Gasteiger partial charge in [-0.3, -0.25) is 0 Å². The van der Waals surface area contributed by atoms with Gasteiger partial charge >= 0.3 is 0 Å². The van der Waals surface area contributed by atoms with Gasteiger partial charge in [0.25, 0.3) is 0 Å². The predicted octanol–water partition coefficient (Wildman–Crippen LogP) is 3.12. The van der Waals surface area contributed by atoms with Crippen LogP contribution in [0.3, 0.4) is 0 Å². The summed E-state index contributed by atoms with van der Waals surface area (Å²) in [6, 6.07) is 2.11. The van der Waals surface area contributed by atoms with Crippen molar-refractivity contribution in [3.63, 3.8) is 0 Å². The molecule has 2 N–H and O–H groups in total. The van der Waals surface area contributed by atoms with Crippen molar-refractivity contribution in [3.05, 3.63) is 23.8 Å². The van der Waals surface area contributed by atoms with Gasteiger partial charge in [0, 0.05) is 17.8 Å². The third-order valence-corrected chi connectivity index (χ3v) is 2.01. The lowest BCUT2D eigenvalue weighted by Gasteiger charge is -2.08. The fourth-order valence-electron chi connectivity index (χ4n) is 1.24. The third kappa shape index (κ3) is 3.38. The number of nitrogen functional groups attached to an aromatic ring is 1. The van der Waals surface area contributed by atoms with Crippen LogP contribution in [-0.4, -0.2) is 6.61 Å². The SMILES string of the molecule is CCCCCOc1c(F)cc(N)cc1F. The molecule has 0 aliphatic rings. The Bertz CT molecular complexity index is 305. The molecule has 0 bridgehead atoms. The zero-order chi connectivity index (χ0) is 11.3. The number of anilines is 1. The Morgan fingerprint density at radius 2 is 1.80 bits per heavy atom. The molecule has 0 aromatic heterocycles. The molecule has 0 fully saturated rings. The van der Waals surface area contributed by atoms with Gasteiger partial charge in [0.15, 0.2) is 17.4 Å². The van der Waals surface area contributed by atoms with E-state index in [-0.39, 0.29) is 11.4 Å². The number of hydrogen-bond acceptors (Lipinski definition) is 2. The quantitative estimate of drug-likeness (QED) is 0.605. The highest BCUT2D eigenvalue weighted by atomic mass is 19.1. The summed E-state index contributed by atoms with van der Waals surface area (Å²) < 4.78 is 31.4. The fraction of sp³-hybridized carbons (Fsp3) is 0.455. The van der Waals surface area contributed by atoms with Gasteiger partial charge in [0.05, 0.1) is 6.61 Å². The molecule has 0 aliphatic carbocycles. The average molecular weight is 215 g/mol. The van der Waals surface area contributed by atoms with E-state index >= 15 is 0 Å². The van der Waals surface area contributed by atoms with Crippen molar-refractivity contribution >= 4 is 5.69 Å². The lowest BCUT2D eigenvalue weighted by Crippen LogP contribution is -2.02. The van der Waals surface area contributed by atoms with Crippen molar-refractivity contribution in [2.45, 2.75) is 26.2 Å². The van der Waals surface area contributed by atoms with E-state index in [2.05, 4.69) is 0 Å². The zero-order valence-corrected chi connectivity index (χ0v) is 8.72. The van der Waals surface area contributed by atoms with Crippen LogP contribution < -0.4 is 10.5 Å². The molecule has 0 radical (unpaired) electrons. The smallest absolute Gasteiger partial charge is 0.190 e. The molecule has 0 saturated heterocycles. The Hall–Kier alpha value is -1.32. The Kier molecular flexibility index (Phi) is 4.34. The molecule has 0 unspecified atom stereocenters. The summed E-state index contributed by atoms with van der Waals surface area (Å²) in [5.41, 5.74) is 5.33. The molecule has 4 heteroatoms. The van der Waals surface area contributed by atoms with Gasteiger partial charge < -0.3 is 10.5 Å². The van der Waals surface area contributed by atoms with Crippen LogP contribution >= 0.6 is 0 Å². The number of ether oxygens (including phenoxy) is 1. The fourth-order valence-corrected chi connectivity index (χ4v) is 1.24. The summed E-state index contributed by atoms with van der Waals surface area (Å²) in [6.07, 6.45) is 2.81. The summed E-state index contributed by atoms with van der Waals surface area (Å²) >= 11 is 0. The molecular weight excluding hydrogens is 200 g/mol. The Morgan fingerprint density at radius 1 is 1.20 bits per heavy atom. The maximum Gasteiger partial charge on any atom is 0.190 e. The van der Waals surface area contributed by atoms with Gasteiger partial charge in [-0.25, -0.2) is 8.78 Å². The molecule has 1 rings (SSSR count).